The van der Waals surface area contributed by atoms with Crippen LogP contribution in [-0.2, 0) is 17.8 Å². The Kier molecular flexibility index (Phi) is 5.05. The maximum atomic E-state index is 12.0. The molecule has 0 saturated carbocycles. The predicted octanol–water partition coefficient (Wildman–Crippen LogP) is 4.32. The van der Waals surface area contributed by atoms with Crippen LogP contribution in [0.1, 0.15) is 11.1 Å². The van der Waals surface area contributed by atoms with Gasteiger partial charge in [0, 0.05) is 17.8 Å². The third-order valence-electron chi connectivity index (χ3n) is 3.37. The zero-order valence-electron chi connectivity index (χ0n) is 12.3. The lowest BCUT2D eigenvalue weighted by atomic mass is 10.1. The Labute approximate surface area is 144 Å². The molecular weight excluding hydrogens is 328 g/mol. The first-order valence-corrected chi connectivity index (χ1v) is 8.46. The second-order valence-corrected chi connectivity index (χ2v) is 6.49. The molecule has 2 heterocycles. The minimum Gasteiger partial charge on any atom is -0.352 e. The van der Waals surface area contributed by atoms with E-state index in [0.29, 0.717) is 18.0 Å². The summed E-state index contributed by atoms with van der Waals surface area (Å²) in [6.45, 7) is 0.493. The van der Waals surface area contributed by atoms with Crippen molar-refractivity contribution < 1.29 is 4.79 Å². The molecule has 0 atom stereocenters. The highest BCUT2D eigenvalue weighted by molar-refractivity contribution is 7.13. The summed E-state index contributed by atoms with van der Waals surface area (Å²) in [4.78, 5) is 17.5. The first-order chi connectivity index (χ1) is 11.2. The summed E-state index contributed by atoms with van der Waals surface area (Å²) in [6.07, 6.45) is 2.12. The van der Waals surface area contributed by atoms with E-state index in [0.717, 1.165) is 21.7 Å². The minimum absolute atomic E-state index is 0.0122. The van der Waals surface area contributed by atoms with E-state index >= 15 is 0 Å². The molecule has 1 amide bonds. The van der Waals surface area contributed by atoms with Gasteiger partial charge in [-0.05, 0) is 46.8 Å². The van der Waals surface area contributed by atoms with Gasteiger partial charge in [0.1, 0.15) is 0 Å². The predicted molar refractivity (Wildman–Crippen MR) is 94.6 cm³/mol. The molecule has 3 nitrogen and oxygen atoms in total. The molecule has 0 aliphatic rings. The van der Waals surface area contributed by atoms with Gasteiger partial charge in [-0.25, -0.2) is 0 Å². The molecule has 0 fully saturated rings. The maximum absolute atomic E-state index is 12.0. The lowest BCUT2D eigenvalue weighted by molar-refractivity contribution is -0.120. The molecular formula is C18H15ClN2OS. The number of amides is 1. The zero-order chi connectivity index (χ0) is 16.1. The van der Waals surface area contributed by atoms with Gasteiger partial charge in [-0.2, -0.15) is 0 Å². The molecule has 0 aliphatic carbocycles. The summed E-state index contributed by atoms with van der Waals surface area (Å²) in [5.41, 5.74) is 2.92. The van der Waals surface area contributed by atoms with Crippen molar-refractivity contribution >= 4 is 28.8 Å². The third-order valence-corrected chi connectivity index (χ3v) is 4.51. The maximum Gasteiger partial charge on any atom is 0.224 e. The average molecular weight is 343 g/mol. The second-order valence-electron chi connectivity index (χ2n) is 5.11. The van der Waals surface area contributed by atoms with Gasteiger partial charge in [0.05, 0.1) is 17.0 Å². The van der Waals surface area contributed by atoms with Crippen LogP contribution in [0.2, 0.25) is 5.02 Å². The molecule has 0 radical (unpaired) electrons. The van der Waals surface area contributed by atoms with Crippen LogP contribution in [0.15, 0.2) is 60.1 Å². The first-order valence-electron chi connectivity index (χ1n) is 7.21. The van der Waals surface area contributed by atoms with Gasteiger partial charge in [0.25, 0.3) is 0 Å². The van der Waals surface area contributed by atoms with Crippen molar-refractivity contribution in [2.75, 3.05) is 0 Å². The number of benzene rings is 1. The largest absolute Gasteiger partial charge is 0.352 e. The highest BCUT2D eigenvalue weighted by atomic mass is 35.5. The van der Waals surface area contributed by atoms with E-state index in [-0.39, 0.29) is 5.91 Å². The Balaban J connectivity index is 1.58. The van der Waals surface area contributed by atoms with Gasteiger partial charge >= 0.3 is 0 Å². The van der Waals surface area contributed by atoms with E-state index in [1.165, 1.54) is 0 Å². The van der Waals surface area contributed by atoms with Gasteiger partial charge in [-0.15, -0.1) is 11.3 Å². The number of pyridine rings is 1. The van der Waals surface area contributed by atoms with Crippen molar-refractivity contribution in [3.63, 3.8) is 0 Å². The van der Waals surface area contributed by atoms with Crippen LogP contribution in [0.4, 0.5) is 0 Å². The molecule has 0 bridgehead atoms. The number of halogens is 1. The molecule has 0 aliphatic heterocycles. The van der Waals surface area contributed by atoms with Gasteiger partial charge in [-0.1, -0.05) is 29.8 Å². The Hall–Kier alpha value is -2.17. The summed E-state index contributed by atoms with van der Waals surface area (Å²) < 4.78 is 0. The summed E-state index contributed by atoms with van der Waals surface area (Å²) in [6, 6.07) is 15.3. The van der Waals surface area contributed by atoms with Crippen LogP contribution >= 0.6 is 22.9 Å². The highest BCUT2D eigenvalue weighted by Gasteiger charge is 2.05. The van der Waals surface area contributed by atoms with Crippen molar-refractivity contribution in [1.29, 1.82) is 0 Å². The molecule has 1 N–H and O–H groups in total. The molecule has 3 aromatic rings. The van der Waals surface area contributed by atoms with Crippen molar-refractivity contribution in [2.45, 2.75) is 13.0 Å². The van der Waals surface area contributed by atoms with E-state index in [4.69, 9.17) is 11.6 Å². The topological polar surface area (TPSA) is 42.0 Å². The summed E-state index contributed by atoms with van der Waals surface area (Å²) in [5, 5.41) is 5.64. The molecule has 0 spiro atoms. The fraction of sp³-hybridized carbons (Fsp3) is 0.111. The normalized spacial score (nSPS) is 10.5. The summed E-state index contributed by atoms with van der Waals surface area (Å²) in [5.74, 6) is -0.0122. The van der Waals surface area contributed by atoms with E-state index < -0.39 is 0 Å². The molecule has 23 heavy (non-hydrogen) atoms. The van der Waals surface area contributed by atoms with Gasteiger partial charge in [0.15, 0.2) is 0 Å². The Morgan fingerprint density at radius 1 is 1.13 bits per heavy atom. The zero-order valence-corrected chi connectivity index (χ0v) is 13.9. The van der Waals surface area contributed by atoms with Gasteiger partial charge in [-0.3, -0.25) is 9.78 Å². The molecule has 0 unspecified atom stereocenters. The number of nitrogens with zero attached hydrogens (tertiary/aromatic N) is 1. The number of carbonyl (C=O) groups excluding carboxylic acids is 1. The third kappa shape index (κ3) is 4.41. The monoisotopic (exact) mass is 342 g/mol. The van der Waals surface area contributed by atoms with Crippen LogP contribution in [0.3, 0.4) is 0 Å². The Bertz CT molecular complexity index is 785. The minimum atomic E-state index is -0.0122. The second kappa shape index (κ2) is 7.40. The average Bonchev–Trinajstić information content (AvgIpc) is 3.10. The Morgan fingerprint density at radius 3 is 2.70 bits per heavy atom. The lowest BCUT2D eigenvalue weighted by Crippen LogP contribution is -2.24. The standard InChI is InChI=1S/C18H15ClN2OS/c19-15-5-3-13(4-6-15)11-18(22)21-12-14-7-8-20-16(10-14)17-2-1-9-23-17/h1-10H,11-12H2,(H,21,22). The fourth-order valence-electron chi connectivity index (χ4n) is 2.19. The van der Waals surface area contributed by atoms with Gasteiger partial charge in [0.2, 0.25) is 5.91 Å². The number of carbonyl (C=O) groups is 1. The fourth-order valence-corrected chi connectivity index (χ4v) is 3.01. The van der Waals surface area contributed by atoms with Crippen LogP contribution in [0.5, 0.6) is 0 Å². The number of aromatic nitrogens is 1. The van der Waals surface area contributed by atoms with Crippen molar-refractivity contribution in [1.82, 2.24) is 10.3 Å². The van der Waals surface area contributed by atoms with E-state index in [1.807, 2.05) is 41.8 Å². The molecule has 116 valence electrons. The van der Waals surface area contributed by atoms with E-state index in [2.05, 4.69) is 10.3 Å². The smallest absolute Gasteiger partial charge is 0.224 e. The van der Waals surface area contributed by atoms with Crippen molar-refractivity contribution in [2.24, 2.45) is 0 Å². The quantitative estimate of drug-likeness (QED) is 0.750. The molecule has 5 heteroatoms. The molecule has 3 rings (SSSR count). The van der Waals surface area contributed by atoms with E-state index in [9.17, 15) is 4.79 Å². The molecule has 0 saturated heterocycles. The summed E-state index contributed by atoms with van der Waals surface area (Å²) >= 11 is 7.49. The molecule has 2 aromatic heterocycles. The van der Waals surface area contributed by atoms with Crippen LogP contribution in [0.25, 0.3) is 10.6 Å². The number of hydrogen-bond acceptors (Lipinski definition) is 3. The van der Waals surface area contributed by atoms with E-state index in [1.54, 1.807) is 29.7 Å². The lowest BCUT2D eigenvalue weighted by Gasteiger charge is -2.07. The number of hydrogen-bond donors (Lipinski definition) is 1. The number of nitrogens with one attached hydrogen (secondary N) is 1. The van der Waals surface area contributed by atoms with Gasteiger partial charge < -0.3 is 5.32 Å². The number of thiophene rings is 1. The van der Waals surface area contributed by atoms with Crippen LogP contribution in [-0.4, -0.2) is 10.9 Å². The summed E-state index contributed by atoms with van der Waals surface area (Å²) in [7, 11) is 0. The van der Waals surface area contributed by atoms with Crippen molar-refractivity contribution in [3.8, 4) is 10.6 Å². The van der Waals surface area contributed by atoms with Crippen LogP contribution in [0, 0.1) is 0 Å². The highest BCUT2D eigenvalue weighted by Crippen LogP contribution is 2.22. The SMILES string of the molecule is O=C(Cc1ccc(Cl)cc1)NCc1ccnc(-c2cccs2)c1. The van der Waals surface area contributed by atoms with Crippen molar-refractivity contribution in [3.05, 3.63) is 76.3 Å². The Morgan fingerprint density at radius 2 is 1.96 bits per heavy atom. The molecule has 1 aromatic carbocycles. The first kappa shape index (κ1) is 15.7. The number of rotatable bonds is 5. The van der Waals surface area contributed by atoms with Crippen LogP contribution < -0.4 is 5.32 Å².